The molecule has 2 rings (SSSR count). The number of rotatable bonds is 4. The van der Waals surface area contributed by atoms with Crippen LogP contribution in [0.1, 0.15) is 11.1 Å². The average molecular weight is 337 g/mol. The first-order valence-electron chi connectivity index (χ1n) is 6.88. The van der Waals surface area contributed by atoms with Gasteiger partial charge in [0.05, 0.1) is 0 Å². The highest BCUT2D eigenvalue weighted by molar-refractivity contribution is 6.17. The van der Waals surface area contributed by atoms with Crippen LogP contribution in [-0.2, 0) is 11.8 Å². The number of nitrogens with zero attached hydrogens (tertiary/aromatic N) is 2. The van der Waals surface area contributed by atoms with Gasteiger partial charge in [-0.25, -0.2) is 4.79 Å². The van der Waals surface area contributed by atoms with Crippen LogP contribution >= 0.6 is 23.2 Å². The van der Waals surface area contributed by atoms with Crippen molar-refractivity contribution >= 4 is 40.6 Å². The number of carbonyl (C=O) groups excluding carboxylic acids is 1. The van der Waals surface area contributed by atoms with E-state index in [0.29, 0.717) is 11.8 Å². The van der Waals surface area contributed by atoms with E-state index in [4.69, 9.17) is 23.2 Å². The normalized spacial score (nSPS) is 10.4. The van der Waals surface area contributed by atoms with Crippen molar-refractivity contribution < 1.29 is 4.79 Å². The van der Waals surface area contributed by atoms with Crippen LogP contribution < -0.4 is 9.80 Å². The van der Waals surface area contributed by atoms with E-state index in [2.05, 4.69) is 0 Å². The van der Waals surface area contributed by atoms with Gasteiger partial charge in [-0.3, -0.25) is 9.80 Å². The van der Waals surface area contributed by atoms with Crippen molar-refractivity contribution in [2.24, 2.45) is 0 Å². The summed E-state index contributed by atoms with van der Waals surface area (Å²) in [5.41, 5.74) is 3.69. The Hall–Kier alpha value is -1.71. The van der Waals surface area contributed by atoms with Gasteiger partial charge in [0.2, 0.25) is 0 Å². The fourth-order valence-corrected chi connectivity index (χ4v) is 2.42. The lowest BCUT2D eigenvalue weighted by molar-refractivity contribution is 0.253. The number of alkyl halides is 2. The first-order chi connectivity index (χ1) is 10.6. The molecule has 2 aromatic rings. The van der Waals surface area contributed by atoms with Crippen molar-refractivity contribution in [2.45, 2.75) is 11.8 Å². The third kappa shape index (κ3) is 3.73. The summed E-state index contributed by atoms with van der Waals surface area (Å²) in [5, 5.41) is 0. The second-order valence-corrected chi connectivity index (χ2v) is 5.54. The molecule has 0 saturated carbocycles. The number of anilines is 2. The summed E-state index contributed by atoms with van der Waals surface area (Å²) >= 11 is 11.6. The van der Waals surface area contributed by atoms with E-state index in [1.165, 1.54) is 0 Å². The van der Waals surface area contributed by atoms with E-state index in [1.54, 1.807) is 23.9 Å². The van der Waals surface area contributed by atoms with Gasteiger partial charge in [0.25, 0.3) is 0 Å². The van der Waals surface area contributed by atoms with E-state index in [-0.39, 0.29) is 6.03 Å². The molecule has 0 aliphatic rings. The van der Waals surface area contributed by atoms with Crippen LogP contribution in [0.25, 0.3) is 0 Å². The van der Waals surface area contributed by atoms with Crippen molar-refractivity contribution in [2.75, 3.05) is 23.9 Å². The standard InChI is InChI=1S/C17H18Cl2N2O/c1-20(15-7-3-13(11-18)4-8-15)17(22)21(2)16-9-5-14(12-19)6-10-16/h3-10H,11-12H2,1-2H3. The predicted octanol–water partition coefficient (Wildman–Crippen LogP) is 4.86. The molecule has 3 nitrogen and oxygen atoms in total. The molecule has 0 heterocycles. The van der Waals surface area contributed by atoms with Crippen LogP contribution in [0.3, 0.4) is 0 Å². The molecule has 0 fully saturated rings. The fourth-order valence-electron chi connectivity index (χ4n) is 2.06. The molecule has 0 bridgehead atoms. The Morgan fingerprint density at radius 1 is 0.773 bits per heavy atom. The van der Waals surface area contributed by atoms with Gasteiger partial charge in [-0.1, -0.05) is 24.3 Å². The lowest BCUT2D eigenvalue weighted by atomic mass is 10.2. The highest BCUT2D eigenvalue weighted by Crippen LogP contribution is 2.20. The molecule has 0 atom stereocenters. The fraction of sp³-hybridized carbons (Fsp3) is 0.235. The molecule has 0 aliphatic carbocycles. The quantitative estimate of drug-likeness (QED) is 0.731. The SMILES string of the molecule is CN(C(=O)N(C)c1ccc(CCl)cc1)c1ccc(CCl)cc1. The number of hydrogen-bond donors (Lipinski definition) is 0. The molecule has 22 heavy (non-hydrogen) atoms. The van der Waals surface area contributed by atoms with Crippen LogP contribution in [0.15, 0.2) is 48.5 Å². The van der Waals surface area contributed by atoms with Crippen LogP contribution in [0.2, 0.25) is 0 Å². The Bertz CT molecular complexity index is 571. The van der Waals surface area contributed by atoms with Gasteiger partial charge < -0.3 is 0 Å². The van der Waals surface area contributed by atoms with E-state index >= 15 is 0 Å². The highest BCUT2D eigenvalue weighted by atomic mass is 35.5. The highest BCUT2D eigenvalue weighted by Gasteiger charge is 2.17. The second kappa shape index (κ2) is 7.52. The Kier molecular flexibility index (Phi) is 5.69. The monoisotopic (exact) mass is 336 g/mol. The Balaban J connectivity index is 2.13. The maximum atomic E-state index is 12.6. The molecule has 0 spiro atoms. The summed E-state index contributed by atoms with van der Waals surface area (Å²) in [6.07, 6.45) is 0. The first kappa shape index (κ1) is 16.7. The maximum Gasteiger partial charge on any atom is 0.328 e. The third-order valence-corrected chi connectivity index (χ3v) is 4.15. The third-order valence-electron chi connectivity index (χ3n) is 3.53. The number of hydrogen-bond acceptors (Lipinski definition) is 1. The Morgan fingerprint density at radius 2 is 1.09 bits per heavy atom. The first-order valence-corrected chi connectivity index (χ1v) is 7.95. The van der Waals surface area contributed by atoms with Gasteiger partial charge >= 0.3 is 6.03 Å². The summed E-state index contributed by atoms with van der Waals surface area (Å²) in [4.78, 5) is 15.8. The van der Waals surface area contributed by atoms with Gasteiger partial charge in [0, 0.05) is 37.2 Å². The number of amides is 2. The zero-order valence-electron chi connectivity index (χ0n) is 12.6. The smallest absolute Gasteiger partial charge is 0.297 e. The van der Waals surface area contributed by atoms with E-state index in [9.17, 15) is 4.79 Å². The number of benzene rings is 2. The van der Waals surface area contributed by atoms with Crippen LogP contribution in [0, 0.1) is 0 Å². The molecule has 0 N–H and O–H groups in total. The van der Waals surface area contributed by atoms with Crippen molar-refractivity contribution in [3.05, 3.63) is 59.7 Å². The Labute approximate surface area is 141 Å². The lowest BCUT2D eigenvalue weighted by Crippen LogP contribution is -2.38. The van der Waals surface area contributed by atoms with Gasteiger partial charge in [0.15, 0.2) is 0 Å². The molecule has 0 saturated heterocycles. The van der Waals surface area contributed by atoms with E-state index < -0.39 is 0 Å². The lowest BCUT2D eigenvalue weighted by Gasteiger charge is -2.25. The van der Waals surface area contributed by atoms with Crippen LogP contribution in [0.5, 0.6) is 0 Å². The molecule has 0 unspecified atom stereocenters. The summed E-state index contributed by atoms with van der Waals surface area (Å²) in [6, 6.07) is 15.1. The molecule has 0 aromatic heterocycles. The summed E-state index contributed by atoms with van der Waals surface area (Å²) in [5.74, 6) is 0.926. The largest absolute Gasteiger partial charge is 0.328 e. The summed E-state index contributed by atoms with van der Waals surface area (Å²) in [6.45, 7) is 0. The number of halogens is 2. The van der Waals surface area contributed by atoms with Crippen molar-refractivity contribution in [1.82, 2.24) is 0 Å². The number of urea groups is 1. The molecule has 5 heteroatoms. The molecular formula is C17H18Cl2N2O. The van der Waals surface area contributed by atoms with Gasteiger partial charge in [-0.15, -0.1) is 23.2 Å². The van der Waals surface area contributed by atoms with Gasteiger partial charge in [-0.05, 0) is 35.4 Å². The summed E-state index contributed by atoms with van der Waals surface area (Å²) in [7, 11) is 3.50. The molecule has 2 aromatic carbocycles. The minimum Gasteiger partial charge on any atom is -0.297 e. The van der Waals surface area contributed by atoms with Gasteiger partial charge in [0.1, 0.15) is 0 Å². The Morgan fingerprint density at radius 3 is 1.36 bits per heavy atom. The molecule has 116 valence electrons. The summed E-state index contributed by atoms with van der Waals surface area (Å²) < 4.78 is 0. The molecule has 0 radical (unpaired) electrons. The zero-order chi connectivity index (χ0) is 16.1. The minimum atomic E-state index is -0.114. The molecule has 2 amide bonds. The second-order valence-electron chi connectivity index (χ2n) is 5.00. The van der Waals surface area contributed by atoms with E-state index in [1.807, 2.05) is 48.5 Å². The van der Waals surface area contributed by atoms with Crippen LogP contribution in [-0.4, -0.2) is 20.1 Å². The molecular weight excluding hydrogens is 319 g/mol. The minimum absolute atomic E-state index is 0.114. The molecule has 0 aliphatic heterocycles. The van der Waals surface area contributed by atoms with Crippen molar-refractivity contribution in [3.8, 4) is 0 Å². The topological polar surface area (TPSA) is 23.6 Å². The van der Waals surface area contributed by atoms with Crippen LogP contribution in [0.4, 0.5) is 16.2 Å². The van der Waals surface area contributed by atoms with Gasteiger partial charge in [-0.2, -0.15) is 0 Å². The predicted molar refractivity (Wildman–Crippen MR) is 94.2 cm³/mol. The maximum absolute atomic E-state index is 12.6. The average Bonchev–Trinajstić information content (AvgIpc) is 2.60. The van der Waals surface area contributed by atoms with E-state index in [0.717, 1.165) is 22.5 Å². The van der Waals surface area contributed by atoms with Crippen molar-refractivity contribution in [1.29, 1.82) is 0 Å². The number of carbonyl (C=O) groups is 1. The van der Waals surface area contributed by atoms with Crippen molar-refractivity contribution in [3.63, 3.8) is 0 Å². The zero-order valence-corrected chi connectivity index (χ0v) is 14.1.